The molecule has 0 saturated heterocycles. The van der Waals surface area contributed by atoms with Crippen LogP contribution in [0.4, 0.5) is 4.39 Å². The Hall–Kier alpha value is -0.850. The van der Waals surface area contributed by atoms with Gasteiger partial charge in [0.05, 0.1) is 0 Å². The summed E-state index contributed by atoms with van der Waals surface area (Å²) in [6.45, 7) is 1.95. The van der Waals surface area contributed by atoms with Crippen molar-refractivity contribution in [2.75, 3.05) is 0 Å². The first-order valence-electron chi connectivity index (χ1n) is 3.48. The second-order valence-electron chi connectivity index (χ2n) is 2.31. The summed E-state index contributed by atoms with van der Waals surface area (Å²) in [5, 5.41) is 0. The van der Waals surface area contributed by atoms with Gasteiger partial charge in [-0.1, -0.05) is 24.3 Å². The number of allylic oxidation sites excluding steroid dienone is 6. The van der Waals surface area contributed by atoms with Gasteiger partial charge in [0, 0.05) is 6.42 Å². The minimum Gasteiger partial charge on any atom is -0.243 e. The van der Waals surface area contributed by atoms with Gasteiger partial charge in [0.2, 0.25) is 0 Å². The fourth-order valence-electron chi connectivity index (χ4n) is 0.927. The lowest BCUT2D eigenvalue weighted by Crippen LogP contribution is -1.96. The van der Waals surface area contributed by atoms with Gasteiger partial charge in [-0.3, -0.25) is 0 Å². The van der Waals surface area contributed by atoms with Crippen molar-refractivity contribution < 1.29 is 4.39 Å². The molecular formula is C9H11F. The van der Waals surface area contributed by atoms with Gasteiger partial charge in [0.15, 0.2) is 0 Å². The van der Waals surface area contributed by atoms with Crippen molar-refractivity contribution in [2.45, 2.75) is 19.5 Å². The molecule has 0 aromatic rings. The van der Waals surface area contributed by atoms with Gasteiger partial charge in [-0.25, -0.2) is 4.39 Å². The molecule has 0 N–H and O–H groups in total. The molecule has 0 radical (unpaired) electrons. The summed E-state index contributed by atoms with van der Waals surface area (Å²) in [4.78, 5) is 0. The first-order chi connectivity index (χ1) is 4.83. The number of rotatable bonds is 1. The third-order valence-electron chi connectivity index (χ3n) is 1.44. The Kier molecular flexibility index (Phi) is 2.43. The smallest absolute Gasteiger partial charge is 0.122 e. The highest BCUT2D eigenvalue weighted by Crippen LogP contribution is 2.13. The van der Waals surface area contributed by atoms with E-state index in [1.165, 1.54) is 0 Å². The van der Waals surface area contributed by atoms with Gasteiger partial charge < -0.3 is 0 Å². The SMILES string of the molecule is C/C=C/C1=CCC(F)C=C1. The average molecular weight is 138 g/mol. The van der Waals surface area contributed by atoms with Crippen molar-refractivity contribution in [1.29, 1.82) is 0 Å². The molecule has 0 spiro atoms. The molecule has 0 saturated carbocycles. The van der Waals surface area contributed by atoms with E-state index in [0.717, 1.165) is 5.57 Å². The maximum atomic E-state index is 12.4. The zero-order valence-electron chi connectivity index (χ0n) is 6.05. The molecule has 0 fully saturated rings. The predicted molar refractivity (Wildman–Crippen MR) is 41.6 cm³/mol. The van der Waals surface area contributed by atoms with E-state index in [4.69, 9.17) is 0 Å². The van der Waals surface area contributed by atoms with Crippen molar-refractivity contribution >= 4 is 0 Å². The van der Waals surface area contributed by atoms with Crippen LogP contribution in [0.15, 0.2) is 36.0 Å². The highest BCUT2D eigenvalue weighted by Gasteiger charge is 2.03. The first-order valence-corrected chi connectivity index (χ1v) is 3.48. The van der Waals surface area contributed by atoms with Crippen LogP contribution in [0.5, 0.6) is 0 Å². The quantitative estimate of drug-likeness (QED) is 0.522. The largest absolute Gasteiger partial charge is 0.243 e. The van der Waals surface area contributed by atoms with E-state index in [9.17, 15) is 4.39 Å². The predicted octanol–water partition coefficient (Wildman–Crippen LogP) is 2.79. The van der Waals surface area contributed by atoms with Gasteiger partial charge in [-0.15, -0.1) is 0 Å². The van der Waals surface area contributed by atoms with Crippen LogP contribution in [0.3, 0.4) is 0 Å². The highest BCUT2D eigenvalue weighted by molar-refractivity contribution is 5.33. The number of hydrogen-bond acceptors (Lipinski definition) is 0. The minimum absolute atomic E-state index is 0.524. The van der Waals surface area contributed by atoms with Crippen molar-refractivity contribution in [3.05, 3.63) is 36.0 Å². The Bertz CT molecular complexity index is 187. The van der Waals surface area contributed by atoms with E-state index in [-0.39, 0.29) is 0 Å². The normalized spacial score (nSPS) is 25.4. The number of halogens is 1. The van der Waals surface area contributed by atoms with Crippen LogP contribution in [-0.4, -0.2) is 6.17 Å². The van der Waals surface area contributed by atoms with Crippen molar-refractivity contribution in [2.24, 2.45) is 0 Å². The van der Waals surface area contributed by atoms with Crippen molar-refractivity contribution in [3.8, 4) is 0 Å². The fourth-order valence-corrected chi connectivity index (χ4v) is 0.927. The average Bonchev–Trinajstić information content (AvgIpc) is 1.95. The molecule has 0 aromatic carbocycles. The molecule has 10 heavy (non-hydrogen) atoms. The molecular weight excluding hydrogens is 127 g/mol. The maximum absolute atomic E-state index is 12.4. The van der Waals surface area contributed by atoms with E-state index in [2.05, 4.69) is 0 Å². The molecule has 1 unspecified atom stereocenters. The fraction of sp³-hybridized carbons (Fsp3) is 0.333. The summed E-state index contributed by atoms with van der Waals surface area (Å²) >= 11 is 0. The Morgan fingerprint density at radius 1 is 1.70 bits per heavy atom. The Morgan fingerprint density at radius 3 is 3.00 bits per heavy atom. The lowest BCUT2D eigenvalue weighted by Gasteiger charge is -2.04. The number of hydrogen-bond donors (Lipinski definition) is 0. The zero-order chi connectivity index (χ0) is 7.40. The third kappa shape index (κ3) is 1.83. The monoisotopic (exact) mass is 138 g/mol. The van der Waals surface area contributed by atoms with Gasteiger partial charge in [0.25, 0.3) is 0 Å². The molecule has 0 nitrogen and oxygen atoms in total. The summed E-state index contributed by atoms with van der Waals surface area (Å²) in [7, 11) is 0. The van der Waals surface area contributed by atoms with Gasteiger partial charge >= 0.3 is 0 Å². The van der Waals surface area contributed by atoms with Crippen molar-refractivity contribution in [1.82, 2.24) is 0 Å². The highest BCUT2D eigenvalue weighted by atomic mass is 19.1. The summed E-state index contributed by atoms with van der Waals surface area (Å²) in [6.07, 6.45) is 9.00. The molecule has 1 atom stereocenters. The van der Waals surface area contributed by atoms with Crippen LogP contribution in [0.2, 0.25) is 0 Å². The molecule has 0 aliphatic heterocycles. The van der Waals surface area contributed by atoms with Crippen LogP contribution in [0.25, 0.3) is 0 Å². The first kappa shape index (κ1) is 7.26. The van der Waals surface area contributed by atoms with E-state index < -0.39 is 6.17 Å². The Morgan fingerprint density at radius 2 is 2.50 bits per heavy atom. The summed E-state index contributed by atoms with van der Waals surface area (Å²) in [6, 6.07) is 0. The zero-order valence-corrected chi connectivity index (χ0v) is 6.05. The van der Waals surface area contributed by atoms with Crippen molar-refractivity contribution in [3.63, 3.8) is 0 Å². The van der Waals surface area contributed by atoms with E-state index in [1.54, 1.807) is 6.08 Å². The third-order valence-corrected chi connectivity index (χ3v) is 1.44. The topological polar surface area (TPSA) is 0 Å². The second kappa shape index (κ2) is 3.35. The lowest BCUT2D eigenvalue weighted by molar-refractivity contribution is 0.401. The lowest BCUT2D eigenvalue weighted by atomic mass is 10.1. The van der Waals surface area contributed by atoms with Crippen LogP contribution in [-0.2, 0) is 0 Å². The molecule has 0 amide bonds. The van der Waals surface area contributed by atoms with Gasteiger partial charge in [-0.2, -0.15) is 0 Å². The summed E-state index contributed by atoms with van der Waals surface area (Å²) < 4.78 is 12.4. The molecule has 1 aliphatic carbocycles. The standard InChI is InChI=1S/C9H11F/c1-2-3-8-4-6-9(10)7-5-8/h2-6,9H,7H2,1H3/b3-2+. The Balaban J connectivity index is 2.58. The second-order valence-corrected chi connectivity index (χ2v) is 2.31. The van der Waals surface area contributed by atoms with Gasteiger partial charge in [0.1, 0.15) is 6.17 Å². The van der Waals surface area contributed by atoms with Crippen LogP contribution < -0.4 is 0 Å². The number of alkyl halides is 1. The van der Waals surface area contributed by atoms with Crippen LogP contribution in [0, 0.1) is 0 Å². The molecule has 1 rings (SSSR count). The summed E-state index contributed by atoms with van der Waals surface area (Å²) in [5.74, 6) is 0. The molecule has 0 aromatic heterocycles. The molecule has 1 heteroatoms. The van der Waals surface area contributed by atoms with E-state index in [1.807, 2.05) is 31.2 Å². The summed E-state index contributed by atoms with van der Waals surface area (Å²) in [5.41, 5.74) is 1.11. The minimum atomic E-state index is -0.769. The van der Waals surface area contributed by atoms with Crippen LogP contribution >= 0.6 is 0 Å². The Labute approximate surface area is 60.7 Å². The van der Waals surface area contributed by atoms with Crippen LogP contribution in [0.1, 0.15) is 13.3 Å². The molecule has 54 valence electrons. The van der Waals surface area contributed by atoms with E-state index in [0.29, 0.717) is 6.42 Å². The molecule has 0 bridgehead atoms. The molecule has 0 heterocycles. The van der Waals surface area contributed by atoms with Gasteiger partial charge in [-0.05, 0) is 18.6 Å². The van der Waals surface area contributed by atoms with E-state index >= 15 is 0 Å². The maximum Gasteiger partial charge on any atom is 0.122 e. The molecule has 1 aliphatic rings.